The number of nitro groups is 1. The zero-order chi connectivity index (χ0) is 18.0. The summed E-state index contributed by atoms with van der Waals surface area (Å²) in [5.74, 6) is 0.466. The van der Waals surface area contributed by atoms with Crippen LogP contribution < -0.4 is 0 Å². The molecule has 25 heavy (non-hydrogen) atoms. The molecule has 2 aromatic rings. The molecule has 1 saturated heterocycles. The Hall–Kier alpha value is -2.42. The van der Waals surface area contributed by atoms with Gasteiger partial charge in [-0.15, -0.1) is 10.2 Å². The van der Waals surface area contributed by atoms with Crippen LogP contribution in [0.1, 0.15) is 30.1 Å². The van der Waals surface area contributed by atoms with Crippen LogP contribution in [0.5, 0.6) is 0 Å². The summed E-state index contributed by atoms with van der Waals surface area (Å²) in [4.78, 5) is 25.8. The summed E-state index contributed by atoms with van der Waals surface area (Å²) >= 11 is 1.15. The maximum Gasteiger partial charge on any atom is 0.284 e. The van der Waals surface area contributed by atoms with Gasteiger partial charge in [-0.1, -0.05) is 6.92 Å². The van der Waals surface area contributed by atoms with Gasteiger partial charge in [0.1, 0.15) is 6.33 Å². The maximum absolute atomic E-state index is 12.6. The third-order valence-electron chi connectivity index (χ3n) is 4.34. The van der Waals surface area contributed by atoms with E-state index in [2.05, 4.69) is 17.1 Å². The molecule has 1 aliphatic rings. The quantitative estimate of drug-likeness (QED) is 0.614. The molecule has 1 fully saturated rings. The van der Waals surface area contributed by atoms with Crippen molar-refractivity contribution < 1.29 is 9.72 Å². The van der Waals surface area contributed by atoms with Crippen LogP contribution >= 0.6 is 11.8 Å². The van der Waals surface area contributed by atoms with Crippen molar-refractivity contribution in [1.29, 1.82) is 0 Å². The number of hydrogen-bond acceptors (Lipinski definition) is 6. The first-order valence-corrected chi connectivity index (χ1v) is 8.87. The predicted molar refractivity (Wildman–Crippen MR) is 92.5 cm³/mol. The van der Waals surface area contributed by atoms with Gasteiger partial charge in [0.25, 0.3) is 11.6 Å². The molecule has 1 amide bonds. The molecule has 9 heteroatoms. The van der Waals surface area contributed by atoms with Crippen molar-refractivity contribution in [3.63, 3.8) is 0 Å². The number of nitro benzene ring substituents is 1. The lowest BCUT2D eigenvalue weighted by molar-refractivity contribution is -0.387. The predicted octanol–water partition coefficient (Wildman–Crippen LogP) is 2.75. The van der Waals surface area contributed by atoms with Crippen molar-refractivity contribution in [2.45, 2.75) is 29.8 Å². The van der Waals surface area contributed by atoms with Crippen LogP contribution in [-0.2, 0) is 7.05 Å². The van der Waals surface area contributed by atoms with Gasteiger partial charge in [0, 0.05) is 31.8 Å². The minimum atomic E-state index is -0.465. The molecular formula is C16H19N5O3S. The van der Waals surface area contributed by atoms with Crippen molar-refractivity contribution in [2.24, 2.45) is 13.0 Å². The average molecular weight is 361 g/mol. The lowest BCUT2D eigenvalue weighted by Crippen LogP contribution is -2.37. The molecule has 0 bridgehead atoms. The Morgan fingerprint density at radius 3 is 2.68 bits per heavy atom. The van der Waals surface area contributed by atoms with Gasteiger partial charge in [0.05, 0.1) is 9.82 Å². The fraction of sp³-hybridized carbons (Fsp3) is 0.438. The highest BCUT2D eigenvalue weighted by Gasteiger charge is 2.25. The number of nitrogens with zero attached hydrogens (tertiary/aromatic N) is 5. The van der Waals surface area contributed by atoms with E-state index in [0.717, 1.165) is 24.6 Å². The molecule has 1 aromatic carbocycles. The maximum atomic E-state index is 12.6. The second-order valence-corrected chi connectivity index (χ2v) is 7.25. The van der Waals surface area contributed by atoms with E-state index in [-0.39, 0.29) is 11.6 Å². The molecular weight excluding hydrogens is 342 g/mol. The summed E-state index contributed by atoms with van der Waals surface area (Å²) in [6.07, 6.45) is 3.46. The van der Waals surface area contributed by atoms with E-state index in [9.17, 15) is 14.9 Å². The second-order valence-electron chi connectivity index (χ2n) is 6.24. The Morgan fingerprint density at radius 2 is 2.08 bits per heavy atom. The molecule has 1 aliphatic heterocycles. The highest BCUT2D eigenvalue weighted by atomic mass is 32.2. The number of likely N-dealkylation sites (tertiary alicyclic amines) is 1. The molecule has 0 unspecified atom stereocenters. The van der Waals surface area contributed by atoms with E-state index >= 15 is 0 Å². The van der Waals surface area contributed by atoms with E-state index in [0.29, 0.717) is 34.6 Å². The number of hydrogen-bond donors (Lipinski definition) is 0. The monoisotopic (exact) mass is 361 g/mol. The van der Waals surface area contributed by atoms with Gasteiger partial charge in [0.2, 0.25) is 0 Å². The van der Waals surface area contributed by atoms with E-state index in [4.69, 9.17) is 0 Å². The first-order chi connectivity index (χ1) is 12.0. The smallest absolute Gasteiger partial charge is 0.284 e. The SMILES string of the molecule is CC1CCN(C(=O)c2ccc(Sc3nncn3C)c([N+](=O)[O-])c2)CC1. The van der Waals surface area contributed by atoms with Gasteiger partial charge in [-0.2, -0.15) is 0 Å². The van der Waals surface area contributed by atoms with Crippen LogP contribution in [-0.4, -0.2) is 43.6 Å². The Labute approximate surface area is 149 Å². The zero-order valence-electron chi connectivity index (χ0n) is 14.1. The van der Waals surface area contributed by atoms with E-state index in [1.54, 1.807) is 28.6 Å². The third kappa shape index (κ3) is 3.81. The molecule has 0 spiro atoms. The van der Waals surface area contributed by atoms with Gasteiger partial charge >= 0.3 is 0 Å². The number of carbonyl (C=O) groups is 1. The first-order valence-electron chi connectivity index (χ1n) is 8.05. The molecule has 1 aromatic heterocycles. The summed E-state index contributed by atoms with van der Waals surface area (Å²) in [6.45, 7) is 3.57. The Balaban J connectivity index is 1.85. The Bertz CT molecular complexity index is 799. The van der Waals surface area contributed by atoms with E-state index in [1.165, 1.54) is 12.4 Å². The van der Waals surface area contributed by atoms with Gasteiger partial charge in [-0.25, -0.2) is 0 Å². The lowest BCUT2D eigenvalue weighted by atomic mass is 9.98. The standard InChI is InChI=1S/C16H19N5O3S/c1-11-5-7-20(8-6-11)15(22)12-3-4-14(13(9-12)21(23)24)25-16-18-17-10-19(16)2/h3-4,9-11H,5-8H2,1-2H3. The van der Waals surface area contributed by atoms with Crippen molar-refractivity contribution in [2.75, 3.05) is 13.1 Å². The molecule has 2 heterocycles. The number of rotatable bonds is 4. The second kappa shape index (κ2) is 7.22. The summed E-state index contributed by atoms with van der Waals surface area (Å²) < 4.78 is 1.68. The summed E-state index contributed by atoms with van der Waals surface area (Å²) in [5, 5.41) is 19.7. The van der Waals surface area contributed by atoms with Crippen LogP contribution in [0.4, 0.5) is 5.69 Å². The lowest BCUT2D eigenvalue weighted by Gasteiger charge is -2.30. The number of carbonyl (C=O) groups excluding carboxylic acids is 1. The molecule has 0 N–H and O–H groups in total. The Kier molecular flexibility index (Phi) is 5.03. The van der Waals surface area contributed by atoms with Crippen LogP contribution in [0.3, 0.4) is 0 Å². The highest BCUT2D eigenvalue weighted by Crippen LogP contribution is 2.34. The van der Waals surface area contributed by atoms with Crippen molar-refractivity contribution in [1.82, 2.24) is 19.7 Å². The van der Waals surface area contributed by atoms with Crippen LogP contribution in [0, 0.1) is 16.0 Å². The van der Waals surface area contributed by atoms with Crippen LogP contribution in [0.25, 0.3) is 0 Å². The van der Waals surface area contributed by atoms with E-state index in [1.807, 2.05) is 0 Å². The molecule has 8 nitrogen and oxygen atoms in total. The average Bonchev–Trinajstić information content (AvgIpc) is 3.00. The third-order valence-corrected chi connectivity index (χ3v) is 5.46. The fourth-order valence-corrected chi connectivity index (χ4v) is 3.59. The van der Waals surface area contributed by atoms with Crippen molar-refractivity contribution >= 4 is 23.4 Å². The van der Waals surface area contributed by atoms with Gasteiger partial charge in [0.15, 0.2) is 5.16 Å². The zero-order valence-corrected chi connectivity index (χ0v) is 14.9. The number of piperidine rings is 1. The van der Waals surface area contributed by atoms with Crippen LogP contribution in [0.15, 0.2) is 34.6 Å². The molecule has 0 atom stereocenters. The minimum absolute atomic E-state index is 0.0933. The fourth-order valence-electron chi connectivity index (χ4n) is 2.74. The summed E-state index contributed by atoms with van der Waals surface area (Å²) in [5.41, 5.74) is 0.257. The number of benzene rings is 1. The summed E-state index contributed by atoms with van der Waals surface area (Å²) in [6, 6.07) is 4.61. The highest BCUT2D eigenvalue weighted by molar-refractivity contribution is 7.99. The van der Waals surface area contributed by atoms with Crippen molar-refractivity contribution in [3.05, 3.63) is 40.2 Å². The minimum Gasteiger partial charge on any atom is -0.339 e. The number of aromatic nitrogens is 3. The van der Waals surface area contributed by atoms with Crippen LogP contribution in [0.2, 0.25) is 0 Å². The number of aryl methyl sites for hydroxylation is 1. The molecule has 0 radical (unpaired) electrons. The molecule has 0 saturated carbocycles. The van der Waals surface area contributed by atoms with Gasteiger partial charge < -0.3 is 9.47 Å². The van der Waals surface area contributed by atoms with Gasteiger partial charge in [-0.05, 0) is 42.7 Å². The molecule has 3 rings (SSSR count). The number of amides is 1. The topological polar surface area (TPSA) is 94.2 Å². The largest absolute Gasteiger partial charge is 0.339 e. The molecule has 0 aliphatic carbocycles. The normalized spacial score (nSPS) is 15.4. The summed E-state index contributed by atoms with van der Waals surface area (Å²) in [7, 11) is 1.77. The first kappa shape index (κ1) is 17.4. The van der Waals surface area contributed by atoms with Gasteiger partial charge in [-0.3, -0.25) is 14.9 Å². The molecule has 132 valence electrons. The van der Waals surface area contributed by atoms with Crippen molar-refractivity contribution in [3.8, 4) is 0 Å². The van der Waals surface area contributed by atoms with E-state index < -0.39 is 4.92 Å². The Morgan fingerprint density at radius 1 is 1.36 bits per heavy atom.